The molecule has 4 N–H and O–H groups in total. The number of carbonyl (C=O) groups excluding carboxylic acids is 4. The predicted octanol–water partition coefficient (Wildman–Crippen LogP) is 5.91. The molecule has 0 radical (unpaired) electrons. The van der Waals surface area contributed by atoms with E-state index in [4.69, 9.17) is 4.74 Å². The summed E-state index contributed by atoms with van der Waals surface area (Å²) in [5.41, 5.74) is 5.46. The number of alkyl carbamates (subject to hydrolysis) is 1. The van der Waals surface area contributed by atoms with E-state index in [0.717, 1.165) is 27.5 Å². The zero-order chi connectivity index (χ0) is 38.1. The summed E-state index contributed by atoms with van der Waals surface area (Å²) >= 11 is 0. The van der Waals surface area contributed by atoms with E-state index < -0.39 is 29.3 Å². The number of ether oxygens (including phenoxy) is 1. The Labute approximate surface area is 307 Å². The van der Waals surface area contributed by atoms with Gasteiger partial charge in [-0.05, 0) is 68.5 Å². The van der Waals surface area contributed by atoms with Gasteiger partial charge in [0.05, 0.1) is 0 Å². The zero-order valence-electron chi connectivity index (χ0n) is 31.5. The minimum absolute atomic E-state index is 0.226. The Morgan fingerprint density at radius 1 is 0.712 bits per heavy atom. The first-order valence-electron chi connectivity index (χ1n) is 17.7. The van der Waals surface area contributed by atoms with Gasteiger partial charge in [0.2, 0.25) is 11.8 Å². The maximum Gasteiger partial charge on any atom is 0.408 e. The molecule has 4 aromatic rings. The minimum atomic E-state index is -0.941. The fourth-order valence-corrected chi connectivity index (χ4v) is 6.10. The standard InChI is InChI=1S/C43H52N4O5/c1-42(2,3)52-41(51)45-43(4,5)25-24-35(26-30-16-10-8-11-17-30)39(49)47(7)37(29-32-22-23-33-20-14-15-21-34(33)27-32)40(50)46(6)36(38(44)48)28-31-18-12-9-13-19-31/h8-24,27,36-37H,25-26,28-29H2,1-7H3,(H2,44,48)(H,45,51)/p+1. The molecule has 0 saturated carbocycles. The molecule has 2 unspecified atom stereocenters. The highest BCUT2D eigenvalue weighted by atomic mass is 16.6. The molecule has 2 atom stereocenters. The van der Waals surface area contributed by atoms with E-state index in [-0.39, 0.29) is 24.1 Å². The fourth-order valence-electron chi connectivity index (χ4n) is 6.10. The third kappa shape index (κ3) is 11.4. The Bertz CT molecular complexity index is 1880. The molecule has 9 nitrogen and oxygen atoms in total. The summed E-state index contributed by atoms with van der Waals surface area (Å²) in [5.74, 6) is -1.08. The summed E-state index contributed by atoms with van der Waals surface area (Å²) in [6.07, 6.45) is 2.45. The monoisotopic (exact) mass is 705 g/mol. The van der Waals surface area contributed by atoms with Crippen molar-refractivity contribution in [3.05, 3.63) is 131 Å². The first-order chi connectivity index (χ1) is 24.5. The van der Waals surface area contributed by atoms with E-state index in [1.165, 1.54) is 9.80 Å². The van der Waals surface area contributed by atoms with Gasteiger partial charge in [0, 0.05) is 44.5 Å². The molecule has 0 aromatic heterocycles. The van der Waals surface area contributed by atoms with Crippen molar-refractivity contribution >= 4 is 34.6 Å². The summed E-state index contributed by atoms with van der Waals surface area (Å²) in [5, 5.41) is 5.00. The summed E-state index contributed by atoms with van der Waals surface area (Å²) < 4.78 is 5.48. The van der Waals surface area contributed by atoms with Gasteiger partial charge in [-0.3, -0.25) is 15.3 Å². The van der Waals surface area contributed by atoms with Crippen LogP contribution in [0.2, 0.25) is 0 Å². The predicted molar refractivity (Wildman–Crippen MR) is 205 cm³/mol. The molecule has 0 bridgehead atoms. The van der Waals surface area contributed by atoms with Crippen molar-refractivity contribution in [1.29, 1.82) is 0 Å². The molecule has 0 saturated heterocycles. The molecule has 0 aliphatic carbocycles. The fraction of sp³-hybridized carbons (Fsp3) is 0.349. The van der Waals surface area contributed by atoms with Gasteiger partial charge in [-0.25, -0.2) is 9.59 Å². The minimum Gasteiger partial charge on any atom is -0.444 e. The molecular formula is C43H53N4O5+. The van der Waals surface area contributed by atoms with Gasteiger partial charge in [-0.1, -0.05) is 109 Å². The molecule has 0 fully saturated rings. The quantitative estimate of drug-likeness (QED) is 0.158. The lowest BCUT2D eigenvalue weighted by atomic mass is 9.94. The average Bonchev–Trinajstić information content (AvgIpc) is 3.09. The number of amides is 4. The van der Waals surface area contributed by atoms with Crippen LogP contribution in [0.25, 0.3) is 10.8 Å². The van der Waals surface area contributed by atoms with E-state index in [9.17, 15) is 19.2 Å². The van der Waals surface area contributed by atoms with Crippen molar-refractivity contribution in [2.75, 3.05) is 14.1 Å². The highest BCUT2D eigenvalue weighted by molar-refractivity contribution is 5.98. The number of quaternary nitrogens is 1. The highest BCUT2D eigenvalue weighted by Gasteiger charge is 2.36. The lowest BCUT2D eigenvalue weighted by molar-refractivity contribution is -0.311. The number of benzene rings is 4. The molecule has 4 rings (SSSR count). The topological polar surface area (TPSA) is 124 Å². The SMILES string of the molecule is CN(C(=O)C(=CCC(C)(C)NC(=O)OC(C)(C)C)Cc1ccccc1)C(Cc1ccc2ccccc2c1)C(=O)N(C)C(Cc1ccccc1)C([NH3+])=O. The Morgan fingerprint density at radius 2 is 1.27 bits per heavy atom. The van der Waals surface area contributed by atoms with Crippen molar-refractivity contribution in [1.82, 2.24) is 15.1 Å². The van der Waals surface area contributed by atoms with Crippen LogP contribution in [0, 0.1) is 0 Å². The van der Waals surface area contributed by atoms with E-state index in [0.29, 0.717) is 24.8 Å². The van der Waals surface area contributed by atoms with Gasteiger partial charge in [-0.2, -0.15) is 0 Å². The Balaban J connectivity index is 1.70. The average molecular weight is 706 g/mol. The van der Waals surface area contributed by atoms with Crippen LogP contribution in [0.1, 0.15) is 57.7 Å². The molecule has 0 heterocycles. The van der Waals surface area contributed by atoms with Gasteiger partial charge < -0.3 is 19.9 Å². The first kappa shape index (κ1) is 39.5. The number of nitrogens with zero attached hydrogens (tertiary/aromatic N) is 2. The summed E-state index contributed by atoms with van der Waals surface area (Å²) in [7, 11) is 3.25. The number of carbonyl (C=O) groups is 4. The lowest BCUT2D eigenvalue weighted by Crippen LogP contribution is -2.68. The first-order valence-corrected chi connectivity index (χ1v) is 17.7. The van der Waals surface area contributed by atoms with Crippen LogP contribution in [0.5, 0.6) is 0 Å². The van der Waals surface area contributed by atoms with Crippen LogP contribution >= 0.6 is 0 Å². The van der Waals surface area contributed by atoms with Crippen molar-refractivity contribution in [3.8, 4) is 0 Å². The van der Waals surface area contributed by atoms with E-state index >= 15 is 0 Å². The van der Waals surface area contributed by atoms with Crippen LogP contribution in [0.4, 0.5) is 4.79 Å². The summed E-state index contributed by atoms with van der Waals surface area (Å²) in [6.45, 7) is 9.14. The van der Waals surface area contributed by atoms with Crippen molar-refractivity contribution in [2.24, 2.45) is 0 Å². The van der Waals surface area contributed by atoms with Crippen LogP contribution < -0.4 is 11.1 Å². The second kappa shape index (κ2) is 17.3. The molecule has 0 aliphatic rings. The Morgan fingerprint density at radius 3 is 1.87 bits per heavy atom. The van der Waals surface area contributed by atoms with Crippen LogP contribution in [-0.2, 0) is 38.4 Å². The van der Waals surface area contributed by atoms with E-state index in [1.807, 2.05) is 123 Å². The molecule has 4 aromatic carbocycles. The third-order valence-corrected chi connectivity index (χ3v) is 8.98. The number of hydrogen-bond acceptors (Lipinski definition) is 5. The number of nitrogens with one attached hydrogen (secondary N) is 1. The van der Waals surface area contributed by atoms with Crippen molar-refractivity contribution in [2.45, 2.75) is 83.5 Å². The van der Waals surface area contributed by atoms with E-state index in [2.05, 4.69) is 11.1 Å². The third-order valence-electron chi connectivity index (χ3n) is 8.98. The van der Waals surface area contributed by atoms with Crippen molar-refractivity contribution < 1.29 is 29.6 Å². The van der Waals surface area contributed by atoms with Crippen LogP contribution in [0.3, 0.4) is 0 Å². The molecule has 0 spiro atoms. The summed E-state index contributed by atoms with van der Waals surface area (Å²) in [6, 6.07) is 31.4. The van der Waals surface area contributed by atoms with E-state index in [1.54, 1.807) is 34.9 Å². The molecule has 0 aliphatic heterocycles. The van der Waals surface area contributed by atoms with Gasteiger partial charge in [-0.15, -0.1) is 0 Å². The Kier molecular flexibility index (Phi) is 13.1. The normalized spacial score (nSPS) is 13.2. The molecular weight excluding hydrogens is 652 g/mol. The number of hydrogen-bond donors (Lipinski definition) is 2. The highest BCUT2D eigenvalue weighted by Crippen LogP contribution is 2.23. The smallest absolute Gasteiger partial charge is 0.408 e. The van der Waals surface area contributed by atoms with Gasteiger partial charge >= 0.3 is 12.0 Å². The number of likely N-dealkylation sites (N-methyl/N-ethyl adjacent to an activating group) is 2. The van der Waals surface area contributed by atoms with Gasteiger partial charge in [0.25, 0.3) is 0 Å². The maximum atomic E-state index is 14.6. The zero-order valence-corrected chi connectivity index (χ0v) is 31.5. The largest absolute Gasteiger partial charge is 0.444 e. The van der Waals surface area contributed by atoms with Crippen LogP contribution in [-0.4, -0.2) is 70.9 Å². The Hall–Kier alpha value is -5.28. The second-order valence-electron chi connectivity index (χ2n) is 15.0. The van der Waals surface area contributed by atoms with Gasteiger partial charge in [0.15, 0.2) is 6.04 Å². The lowest BCUT2D eigenvalue weighted by Gasteiger charge is -2.34. The van der Waals surface area contributed by atoms with Crippen molar-refractivity contribution in [3.63, 3.8) is 0 Å². The summed E-state index contributed by atoms with van der Waals surface area (Å²) in [4.78, 5) is 57.7. The maximum absolute atomic E-state index is 14.6. The number of fused-ring (bicyclic) bond motifs is 1. The van der Waals surface area contributed by atoms with Crippen LogP contribution in [0.15, 0.2) is 115 Å². The molecule has 4 amide bonds. The second-order valence-corrected chi connectivity index (χ2v) is 15.0. The molecule has 9 heteroatoms. The molecule has 52 heavy (non-hydrogen) atoms. The molecule has 274 valence electrons. The number of rotatable bonds is 14. The van der Waals surface area contributed by atoms with Gasteiger partial charge in [0.1, 0.15) is 11.6 Å².